The molecule has 0 aromatic carbocycles. The second-order valence-corrected chi connectivity index (χ2v) is 6.41. The van der Waals surface area contributed by atoms with Crippen LogP contribution in [0.5, 0.6) is 0 Å². The van der Waals surface area contributed by atoms with E-state index < -0.39 is 0 Å². The number of unbranched alkanes of at least 4 members (excludes halogenated alkanes) is 1. The summed E-state index contributed by atoms with van der Waals surface area (Å²) in [6, 6.07) is 0.681. The average Bonchev–Trinajstić information content (AvgIpc) is 2.81. The van der Waals surface area contributed by atoms with E-state index in [1.165, 1.54) is 25.7 Å². The zero-order valence-electron chi connectivity index (χ0n) is 12.5. The van der Waals surface area contributed by atoms with Crippen LogP contribution in [-0.4, -0.2) is 50.1 Å². The highest BCUT2D eigenvalue weighted by Crippen LogP contribution is 2.33. The van der Waals surface area contributed by atoms with Crippen LogP contribution in [0.3, 0.4) is 0 Å². The van der Waals surface area contributed by atoms with Crippen LogP contribution in [0.25, 0.3) is 0 Å². The SMILES string of the molecule is CN(C)CCCCNC(=O)C1CC2CCCCC2N1. The molecule has 4 nitrogen and oxygen atoms in total. The van der Waals surface area contributed by atoms with E-state index in [1.54, 1.807) is 0 Å². The Bertz CT molecular complexity index is 279. The van der Waals surface area contributed by atoms with E-state index in [4.69, 9.17) is 0 Å². The summed E-state index contributed by atoms with van der Waals surface area (Å²) in [6.45, 7) is 1.92. The Kier molecular flexibility index (Phi) is 5.64. The van der Waals surface area contributed by atoms with Crippen molar-refractivity contribution in [3.05, 3.63) is 0 Å². The third-order valence-corrected chi connectivity index (χ3v) is 4.51. The Morgan fingerprint density at radius 1 is 1.26 bits per heavy atom. The lowest BCUT2D eigenvalue weighted by Gasteiger charge is -2.24. The van der Waals surface area contributed by atoms with Gasteiger partial charge in [-0.05, 0) is 58.7 Å². The molecule has 0 aromatic rings. The predicted molar refractivity (Wildman–Crippen MR) is 78.1 cm³/mol. The fourth-order valence-corrected chi connectivity index (χ4v) is 3.41. The quantitative estimate of drug-likeness (QED) is 0.714. The van der Waals surface area contributed by atoms with Gasteiger partial charge < -0.3 is 15.5 Å². The number of carbonyl (C=O) groups excluding carboxylic acids is 1. The maximum Gasteiger partial charge on any atom is 0.237 e. The molecule has 1 amide bonds. The maximum absolute atomic E-state index is 12.1. The molecule has 0 aromatic heterocycles. The number of nitrogens with one attached hydrogen (secondary N) is 2. The topological polar surface area (TPSA) is 44.4 Å². The first-order valence-electron chi connectivity index (χ1n) is 7.85. The smallest absolute Gasteiger partial charge is 0.237 e. The number of amides is 1. The Morgan fingerprint density at radius 3 is 2.79 bits per heavy atom. The molecule has 19 heavy (non-hydrogen) atoms. The third kappa shape index (κ3) is 4.46. The van der Waals surface area contributed by atoms with Crippen molar-refractivity contribution in [1.29, 1.82) is 0 Å². The largest absolute Gasteiger partial charge is 0.355 e. The van der Waals surface area contributed by atoms with E-state index in [9.17, 15) is 4.79 Å². The molecule has 2 aliphatic rings. The number of carbonyl (C=O) groups is 1. The number of hydrogen-bond acceptors (Lipinski definition) is 3. The van der Waals surface area contributed by atoms with Gasteiger partial charge in [0.1, 0.15) is 0 Å². The van der Waals surface area contributed by atoms with Gasteiger partial charge in [-0.25, -0.2) is 0 Å². The molecule has 1 aliphatic carbocycles. The van der Waals surface area contributed by atoms with Crippen molar-refractivity contribution in [2.45, 2.75) is 57.0 Å². The van der Waals surface area contributed by atoms with Gasteiger partial charge in [-0.1, -0.05) is 12.8 Å². The molecule has 3 atom stereocenters. The first-order chi connectivity index (χ1) is 9.16. The zero-order valence-corrected chi connectivity index (χ0v) is 12.5. The average molecular weight is 267 g/mol. The standard InChI is InChI=1S/C15H29N3O/c1-18(2)10-6-5-9-16-15(19)14-11-12-7-3-4-8-13(12)17-14/h12-14,17H,3-11H2,1-2H3,(H,16,19). The minimum absolute atomic E-state index is 0.0712. The lowest BCUT2D eigenvalue weighted by atomic mass is 9.85. The van der Waals surface area contributed by atoms with Crippen molar-refractivity contribution in [3.8, 4) is 0 Å². The zero-order chi connectivity index (χ0) is 13.7. The Labute approximate surface area is 117 Å². The van der Waals surface area contributed by atoms with Crippen molar-refractivity contribution in [3.63, 3.8) is 0 Å². The van der Waals surface area contributed by atoms with E-state index in [-0.39, 0.29) is 11.9 Å². The van der Waals surface area contributed by atoms with Crippen LogP contribution in [-0.2, 0) is 4.79 Å². The van der Waals surface area contributed by atoms with Gasteiger partial charge in [0.25, 0.3) is 0 Å². The molecular formula is C15H29N3O. The van der Waals surface area contributed by atoms with Gasteiger partial charge in [0.15, 0.2) is 0 Å². The van der Waals surface area contributed by atoms with Gasteiger partial charge in [-0.2, -0.15) is 0 Å². The Morgan fingerprint density at radius 2 is 2.05 bits per heavy atom. The van der Waals surface area contributed by atoms with Gasteiger partial charge >= 0.3 is 0 Å². The Hall–Kier alpha value is -0.610. The van der Waals surface area contributed by atoms with E-state index in [0.717, 1.165) is 38.3 Å². The van der Waals surface area contributed by atoms with Gasteiger partial charge in [0, 0.05) is 12.6 Å². The van der Waals surface area contributed by atoms with Crippen LogP contribution in [0, 0.1) is 5.92 Å². The third-order valence-electron chi connectivity index (χ3n) is 4.51. The number of fused-ring (bicyclic) bond motifs is 1. The fraction of sp³-hybridized carbons (Fsp3) is 0.933. The molecule has 0 radical (unpaired) electrons. The van der Waals surface area contributed by atoms with Crippen LogP contribution in [0.15, 0.2) is 0 Å². The van der Waals surface area contributed by atoms with Crippen molar-refractivity contribution in [2.75, 3.05) is 27.2 Å². The van der Waals surface area contributed by atoms with Crippen LogP contribution >= 0.6 is 0 Å². The lowest BCUT2D eigenvalue weighted by Crippen LogP contribution is -2.43. The summed E-state index contributed by atoms with van der Waals surface area (Å²) in [4.78, 5) is 14.3. The first-order valence-corrected chi connectivity index (χ1v) is 7.85. The number of nitrogens with zero attached hydrogens (tertiary/aromatic N) is 1. The van der Waals surface area contributed by atoms with Crippen LogP contribution < -0.4 is 10.6 Å². The van der Waals surface area contributed by atoms with E-state index in [1.807, 2.05) is 0 Å². The summed E-state index contributed by atoms with van der Waals surface area (Å²) >= 11 is 0. The number of rotatable bonds is 6. The molecule has 0 spiro atoms. The molecule has 1 saturated heterocycles. The molecule has 1 aliphatic heterocycles. The molecule has 2 N–H and O–H groups in total. The second-order valence-electron chi connectivity index (χ2n) is 6.41. The summed E-state index contributed by atoms with van der Waals surface area (Å²) < 4.78 is 0. The maximum atomic E-state index is 12.1. The molecule has 2 fully saturated rings. The van der Waals surface area contributed by atoms with Gasteiger partial charge in [0.05, 0.1) is 6.04 Å². The van der Waals surface area contributed by atoms with Crippen LogP contribution in [0.2, 0.25) is 0 Å². The summed E-state index contributed by atoms with van der Waals surface area (Å²) in [7, 11) is 4.17. The minimum Gasteiger partial charge on any atom is -0.355 e. The molecular weight excluding hydrogens is 238 g/mol. The van der Waals surface area contributed by atoms with Crippen molar-refractivity contribution >= 4 is 5.91 Å². The van der Waals surface area contributed by atoms with Crippen LogP contribution in [0.4, 0.5) is 0 Å². The van der Waals surface area contributed by atoms with E-state index in [0.29, 0.717) is 6.04 Å². The van der Waals surface area contributed by atoms with E-state index >= 15 is 0 Å². The molecule has 1 saturated carbocycles. The summed E-state index contributed by atoms with van der Waals surface area (Å²) in [6.07, 6.45) is 8.52. The second kappa shape index (κ2) is 7.25. The molecule has 3 unspecified atom stereocenters. The summed E-state index contributed by atoms with van der Waals surface area (Å²) in [5.74, 6) is 0.970. The molecule has 4 heteroatoms. The molecule has 2 rings (SSSR count). The predicted octanol–water partition coefficient (Wildman–Crippen LogP) is 1.37. The molecule has 1 heterocycles. The normalized spacial score (nSPS) is 30.4. The minimum atomic E-state index is 0.0712. The molecule has 110 valence electrons. The summed E-state index contributed by atoms with van der Waals surface area (Å²) in [5, 5.41) is 6.62. The molecule has 0 bridgehead atoms. The fourth-order valence-electron chi connectivity index (χ4n) is 3.41. The van der Waals surface area contributed by atoms with Crippen molar-refractivity contribution < 1.29 is 4.79 Å². The highest BCUT2D eigenvalue weighted by Gasteiger charge is 2.37. The van der Waals surface area contributed by atoms with Gasteiger partial charge in [0.2, 0.25) is 5.91 Å². The Balaban J connectivity index is 1.61. The van der Waals surface area contributed by atoms with Crippen molar-refractivity contribution in [2.24, 2.45) is 5.92 Å². The van der Waals surface area contributed by atoms with Crippen LogP contribution in [0.1, 0.15) is 44.9 Å². The first kappa shape index (κ1) is 14.8. The highest BCUT2D eigenvalue weighted by atomic mass is 16.2. The number of hydrogen-bond donors (Lipinski definition) is 2. The lowest BCUT2D eigenvalue weighted by molar-refractivity contribution is -0.122. The van der Waals surface area contributed by atoms with Crippen molar-refractivity contribution in [1.82, 2.24) is 15.5 Å². The monoisotopic (exact) mass is 267 g/mol. The summed E-state index contributed by atoms with van der Waals surface area (Å²) in [5.41, 5.74) is 0. The van der Waals surface area contributed by atoms with Gasteiger partial charge in [-0.3, -0.25) is 4.79 Å². The van der Waals surface area contributed by atoms with Gasteiger partial charge in [-0.15, -0.1) is 0 Å². The van der Waals surface area contributed by atoms with E-state index in [2.05, 4.69) is 29.6 Å². The highest BCUT2D eigenvalue weighted by molar-refractivity contribution is 5.82.